The molecule has 2 aromatic carbocycles. The van der Waals surface area contributed by atoms with Crippen LogP contribution < -0.4 is 25.8 Å². The van der Waals surface area contributed by atoms with Crippen LogP contribution in [-0.2, 0) is 6.61 Å². The van der Waals surface area contributed by atoms with Crippen LogP contribution >= 0.6 is 22.9 Å². The molecule has 8 nitrogen and oxygen atoms in total. The van der Waals surface area contributed by atoms with Gasteiger partial charge in [0.25, 0.3) is 5.91 Å². The fourth-order valence-electron chi connectivity index (χ4n) is 3.06. The molecule has 0 fully saturated rings. The third-order valence-electron chi connectivity index (χ3n) is 4.67. The lowest BCUT2D eigenvalue weighted by atomic mass is 10.2. The number of nitrogens with two attached hydrogens (primary N) is 1. The summed E-state index contributed by atoms with van der Waals surface area (Å²) in [5.74, 6) is 0.872. The van der Waals surface area contributed by atoms with E-state index in [1.807, 2.05) is 5.38 Å². The van der Waals surface area contributed by atoms with Crippen molar-refractivity contribution in [2.24, 2.45) is 0 Å². The van der Waals surface area contributed by atoms with Crippen molar-refractivity contribution in [3.05, 3.63) is 76.3 Å². The fourth-order valence-corrected chi connectivity index (χ4v) is 4.20. The summed E-state index contributed by atoms with van der Waals surface area (Å²) in [6.07, 6.45) is 0.819. The van der Waals surface area contributed by atoms with E-state index in [1.54, 1.807) is 48.5 Å². The van der Waals surface area contributed by atoms with Gasteiger partial charge in [0.05, 0.1) is 10.9 Å². The Morgan fingerprint density at radius 1 is 1.18 bits per heavy atom. The van der Waals surface area contributed by atoms with Gasteiger partial charge in [0.1, 0.15) is 18.2 Å². The summed E-state index contributed by atoms with van der Waals surface area (Å²) in [6, 6.07) is 13.7. The van der Waals surface area contributed by atoms with Gasteiger partial charge in [-0.3, -0.25) is 4.79 Å². The first kappa shape index (κ1) is 22.4. The second-order valence-corrected chi connectivity index (χ2v) is 8.21. The molecule has 0 aliphatic rings. The summed E-state index contributed by atoms with van der Waals surface area (Å²) in [7, 11) is 1.47. The van der Waals surface area contributed by atoms with Crippen molar-refractivity contribution in [2.45, 2.75) is 6.61 Å². The lowest BCUT2D eigenvalue weighted by Gasteiger charge is -2.10. The second kappa shape index (κ2) is 9.76. The number of nitrogen functional groups attached to an aromatic ring is 1. The molecule has 0 unspecified atom stereocenters. The number of nitrogens with zero attached hydrogens (tertiary/aromatic N) is 1. The van der Waals surface area contributed by atoms with Gasteiger partial charge in [-0.2, -0.15) is 0 Å². The molecule has 4 aromatic rings. The lowest BCUT2D eigenvalue weighted by molar-refractivity contribution is 0.102. The maximum absolute atomic E-state index is 12.6. The zero-order chi connectivity index (χ0) is 23.4. The number of carbonyl (C=O) groups excluding carboxylic acids is 2. The number of nitrogens with one attached hydrogen (secondary N) is 2. The Hall–Kier alpha value is -3.82. The molecule has 2 amide bonds. The summed E-state index contributed by atoms with van der Waals surface area (Å²) in [4.78, 5) is 28.3. The molecule has 10 heteroatoms. The first-order valence-corrected chi connectivity index (χ1v) is 11.0. The van der Waals surface area contributed by atoms with Gasteiger partial charge >= 0.3 is 6.09 Å². The molecule has 4 rings (SSSR count). The van der Waals surface area contributed by atoms with Gasteiger partial charge in [-0.1, -0.05) is 17.7 Å². The van der Waals surface area contributed by atoms with E-state index >= 15 is 0 Å². The number of hydrogen-bond acceptors (Lipinski definition) is 7. The summed E-state index contributed by atoms with van der Waals surface area (Å²) < 4.78 is 11.9. The van der Waals surface area contributed by atoms with Crippen LogP contribution in [-0.4, -0.2) is 24.0 Å². The number of halogens is 1. The minimum absolute atomic E-state index is 0.192. The molecule has 0 saturated heterocycles. The van der Waals surface area contributed by atoms with Crippen LogP contribution in [0.5, 0.6) is 11.5 Å². The number of fused-ring (bicyclic) bond motifs is 1. The Balaban J connectivity index is 1.49. The Kier molecular flexibility index (Phi) is 6.62. The average Bonchev–Trinajstić information content (AvgIpc) is 3.26. The Labute approximate surface area is 198 Å². The van der Waals surface area contributed by atoms with Gasteiger partial charge in [0, 0.05) is 34.3 Å². The molecule has 0 spiro atoms. The van der Waals surface area contributed by atoms with Crippen LogP contribution in [0, 0.1) is 0 Å². The molecular formula is C23H19ClN4O4S. The highest BCUT2D eigenvalue weighted by Gasteiger charge is 2.16. The first-order valence-electron chi connectivity index (χ1n) is 9.78. The standard InChI is InChI=1S/C23H19ClN4O4S/c1-26-23(30)32-18-10-27-21(25)19-14(12-33-20(18)19)11-31-17-4-2-3-13(9-17)22(29)28-16-7-5-15(24)6-8-16/h2-10,12H,11H2,1H3,(H2,25,27)(H,26,30)(H,28,29). The molecule has 2 aromatic heterocycles. The number of ether oxygens (including phenoxy) is 2. The van der Waals surface area contributed by atoms with Crippen LogP contribution in [0.2, 0.25) is 5.02 Å². The third kappa shape index (κ3) is 5.16. The minimum Gasteiger partial charge on any atom is -0.489 e. The van der Waals surface area contributed by atoms with Crippen LogP contribution in [0.4, 0.5) is 16.3 Å². The normalized spacial score (nSPS) is 10.6. The third-order valence-corrected chi connectivity index (χ3v) is 5.96. The fraction of sp³-hybridized carbons (Fsp3) is 0.0870. The van der Waals surface area contributed by atoms with Crippen molar-refractivity contribution >= 4 is 56.5 Å². The predicted molar refractivity (Wildman–Crippen MR) is 129 cm³/mol. The number of benzene rings is 2. The molecule has 4 N–H and O–H groups in total. The molecule has 2 heterocycles. The molecular weight excluding hydrogens is 464 g/mol. The molecule has 0 radical (unpaired) electrons. The van der Waals surface area contributed by atoms with Gasteiger partial charge in [0.2, 0.25) is 0 Å². The van der Waals surface area contributed by atoms with Crippen LogP contribution in [0.15, 0.2) is 60.1 Å². The number of carbonyl (C=O) groups is 2. The minimum atomic E-state index is -0.595. The highest BCUT2D eigenvalue weighted by molar-refractivity contribution is 7.17. The summed E-state index contributed by atoms with van der Waals surface area (Å²) >= 11 is 7.26. The van der Waals surface area contributed by atoms with Crippen LogP contribution in [0.1, 0.15) is 15.9 Å². The Morgan fingerprint density at radius 3 is 2.73 bits per heavy atom. The van der Waals surface area contributed by atoms with E-state index in [0.717, 1.165) is 5.56 Å². The molecule has 168 valence electrons. The number of thiophene rings is 1. The highest BCUT2D eigenvalue weighted by Crippen LogP contribution is 2.37. The molecule has 0 saturated carbocycles. The SMILES string of the molecule is CNC(=O)Oc1cnc(N)c2c(COc3cccc(C(=O)Nc4ccc(Cl)cc4)c3)csc12. The zero-order valence-corrected chi connectivity index (χ0v) is 19.0. The number of amides is 2. The monoisotopic (exact) mass is 482 g/mol. The first-order chi connectivity index (χ1) is 15.9. The van der Waals surface area contributed by atoms with Gasteiger partial charge in [-0.05, 0) is 47.8 Å². The number of rotatable bonds is 6. The number of hydrogen-bond donors (Lipinski definition) is 3. The highest BCUT2D eigenvalue weighted by atomic mass is 35.5. The smallest absolute Gasteiger partial charge is 0.412 e. The number of anilines is 2. The quantitative estimate of drug-likeness (QED) is 0.353. The Bertz CT molecular complexity index is 1320. The summed E-state index contributed by atoms with van der Waals surface area (Å²) in [5, 5.41) is 8.34. The predicted octanol–water partition coefficient (Wildman–Crippen LogP) is 5.08. The van der Waals surface area contributed by atoms with Crippen molar-refractivity contribution in [3.63, 3.8) is 0 Å². The van der Waals surface area contributed by atoms with E-state index in [-0.39, 0.29) is 12.5 Å². The molecule has 0 atom stereocenters. The van der Waals surface area contributed by atoms with Crippen molar-refractivity contribution in [1.82, 2.24) is 10.3 Å². The van der Waals surface area contributed by atoms with E-state index in [0.29, 0.717) is 43.7 Å². The largest absolute Gasteiger partial charge is 0.489 e. The van der Waals surface area contributed by atoms with Crippen LogP contribution in [0.3, 0.4) is 0 Å². The van der Waals surface area contributed by atoms with E-state index in [9.17, 15) is 9.59 Å². The Morgan fingerprint density at radius 2 is 1.97 bits per heavy atom. The average molecular weight is 483 g/mol. The van der Waals surface area contributed by atoms with Crippen molar-refractivity contribution in [3.8, 4) is 11.5 Å². The summed E-state index contributed by atoms with van der Waals surface area (Å²) in [6.45, 7) is 0.192. The lowest BCUT2D eigenvalue weighted by Crippen LogP contribution is -2.22. The van der Waals surface area contributed by atoms with E-state index in [4.69, 9.17) is 26.8 Å². The van der Waals surface area contributed by atoms with E-state index in [1.165, 1.54) is 24.6 Å². The molecule has 0 bridgehead atoms. The number of pyridine rings is 1. The van der Waals surface area contributed by atoms with Gasteiger partial charge in [0.15, 0.2) is 5.75 Å². The van der Waals surface area contributed by atoms with Crippen LogP contribution in [0.25, 0.3) is 10.1 Å². The van der Waals surface area contributed by atoms with Crippen molar-refractivity contribution in [2.75, 3.05) is 18.1 Å². The van der Waals surface area contributed by atoms with E-state index in [2.05, 4.69) is 15.6 Å². The molecule has 0 aliphatic heterocycles. The van der Waals surface area contributed by atoms with E-state index < -0.39 is 6.09 Å². The maximum Gasteiger partial charge on any atom is 0.412 e. The van der Waals surface area contributed by atoms with Crippen molar-refractivity contribution in [1.29, 1.82) is 0 Å². The van der Waals surface area contributed by atoms with Gasteiger partial charge < -0.3 is 25.8 Å². The molecule has 33 heavy (non-hydrogen) atoms. The van der Waals surface area contributed by atoms with Gasteiger partial charge in [-0.15, -0.1) is 11.3 Å². The summed E-state index contributed by atoms with van der Waals surface area (Å²) in [5.41, 5.74) is 7.94. The van der Waals surface area contributed by atoms with Crippen molar-refractivity contribution < 1.29 is 19.1 Å². The second-order valence-electron chi connectivity index (χ2n) is 6.89. The van der Waals surface area contributed by atoms with Gasteiger partial charge in [-0.25, -0.2) is 9.78 Å². The number of aromatic nitrogens is 1. The molecule has 0 aliphatic carbocycles. The maximum atomic E-state index is 12.6. The zero-order valence-electron chi connectivity index (χ0n) is 17.4. The topological polar surface area (TPSA) is 116 Å².